The van der Waals surface area contributed by atoms with Gasteiger partial charge in [-0.3, -0.25) is 4.98 Å². The summed E-state index contributed by atoms with van der Waals surface area (Å²) in [4.78, 5) is 4.28. The molecule has 2 rings (SSSR count). The van der Waals surface area contributed by atoms with Crippen LogP contribution in [0.25, 0.3) is 0 Å². The van der Waals surface area contributed by atoms with Crippen LogP contribution in [0.5, 0.6) is 0 Å². The second-order valence-electron chi connectivity index (χ2n) is 5.33. The Kier molecular flexibility index (Phi) is 4.44. The molecule has 0 amide bonds. The smallest absolute Gasteiger partial charge is 0.241 e. The van der Waals surface area contributed by atoms with Gasteiger partial charge in [-0.15, -0.1) is 0 Å². The molecule has 5 heteroatoms. The summed E-state index contributed by atoms with van der Waals surface area (Å²) in [7, 11) is -3.55. The molecule has 0 fully saturated rings. The largest absolute Gasteiger partial charge is 0.265 e. The van der Waals surface area contributed by atoms with Crippen molar-refractivity contribution in [3.63, 3.8) is 0 Å². The van der Waals surface area contributed by atoms with Gasteiger partial charge in [0, 0.05) is 18.4 Å². The molecule has 2 aromatic rings. The molecule has 1 heterocycles. The Morgan fingerprint density at radius 2 is 1.57 bits per heavy atom. The third-order valence-corrected chi connectivity index (χ3v) is 5.30. The highest BCUT2D eigenvalue weighted by Crippen LogP contribution is 2.22. The standard InChI is InChI=1S/C16H20N2O2S/c1-11-9-13(3)16(10-12(11)2)21(19,20)18-14(4)15-5-7-17-8-6-15/h5-10,14,18H,1-4H3. The molecule has 1 aromatic carbocycles. The first kappa shape index (κ1) is 15.7. The lowest BCUT2D eigenvalue weighted by Gasteiger charge is -2.16. The van der Waals surface area contributed by atoms with Crippen LogP contribution in [-0.2, 0) is 10.0 Å². The van der Waals surface area contributed by atoms with Crippen molar-refractivity contribution in [2.75, 3.05) is 0 Å². The number of nitrogens with zero attached hydrogens (tertiary/aromatic N) is 1. The predicted molar refractivity (Wildman–Crippen MR) is 83.6 cm³/mol. The van der Waals surface area contributed by atoms with Crippen LogP contribution < -0.4 is 4.72 Å². The first-order valence-corrected chi connectivity index (χ1v) is 8.29. The van der Waals surface area contributed by atoms with Gasteiger partial charge in [0.25, 0.3) is 0 Å². The third kappa shape index (κ3) is 3.49. The third-order valence-electron chi connectivity index (χ3n) is 3.62. The number of hydrogen-bond acceptors (Lipinski definition) is 3. The van der Waals surface area contributed by atoms with Gasteiger partial charge in [-0.05, 0) is 68.1 Å². The Morgan fingerprint density at radius 1 is 1.00 bits per heavy atom. The average Bonchev–Trinajstić information content (AvgIpc) is 2.43. The molecule has 1 unspecified atom stereocenters. The fourth-order valence-electron chi connectivity index (χ4n) is 2.24. The molecule has 0 bridgehead atoms. The van der Waals surface area contributed by atoms with Gasteiger partial charge in [0.1, 0.15) is 0 Å². The van der Waals surface area contributed by atoms with Crippen LogP contribution >= 0.6 is 0 Å². The fraction of sp³-hybridized carbons (Fsp3) is 0.312. The molecular formula is C16H20N2O2S. The highest BCUT2D eigenvalue weighted by Gasteiger charge is 2.21. The molecule has 112 valence electrons. The Labute approximate surface area is 126 Å². The van der Waals surface area contributed by atoms with E-state index in [1.165, 1.54) is 0 Å². The van der Waals surface area contributed by atoms with E-state index in [-0.39, 0.29) is 6.04 Å². The normalized spacial score (nSPS) is 13.1. The summed E-state index contributed by atoms with van der Waals surface area (Å²) in [5.41, 5.74) is 3.70. The minimum Gasteiger partial charge on any atom is -0.265 e. The molecule has 0 saturated carbocycles. The Bertz CT molecular complexity index is 740. The molecule has 1 aromatic heterocycles. The second-order valence-corrected chi connectivity index (χ2v) is 7.01. The molecule has 0 aliphatic carbocycles. The van der Waals surface area contributed by atoms with Crippen molar-refractivity contribution in [1.29, 1.82) is 0 Å². The van der Waals surface area contributed by atoms with E-state index < -0.39 is 10.0 Å². The average molecular weight is 304 g/mol. The van der Waals surface area contributed by atoms with E-state index in [0.717, 1.165) is 22.3 Å². The number of nitrogens with one attached hydrogen (secondary N) is 1. The lowest BCUT2D eigenvalue weighted by Crippen LogP contribution is -2.27. The fourth-order valence-corrected chi connectivity index (χ4v) is 3.78. The minimum absolute atomic E-state index is 0.306. The quantitative estimate of drug-likeness (QED) is 0.944. The van der Waals surface area contributed by atoms with Crippen LogP contribution in [0.15, 0.2) is 41.6 Å². The number of benzene rings is 1. The van der Waals surface area contributed by atoms with Crippen molar-refractivity contribution in [2.24, 2.45) is 0 Å². The topological polar surface area (TPSA) is 59.1 Å². The van der Waals surface area contributed by atoms with E-state index in [1.807, 2.05) is 33.8 Å². The molecule has 4 nitrogen and oxygen atoms in total. The maximum atomic E-state index is 12.6. The molecule has 0 aliphatic heterocycles. The van der Waals surface area contributed by atoms with E-state index in [1.54, 1.807) is 30.6 Å². The van der Waals surface area contributed by atoms with E-state index in [9.17, 15) is 8.42 Å². The number of aromatic nitrogens is 1. The molecular weight excluding hydrogens is 284 g/mol. The second kappa shape index (κ2) is 5.95. The number of rotatable bonds is 4. The first-order valence-electron chi connectivity index (χ1n) is 6.81. The van der Waals surface area contributed by atoms with Gasteiger partial charge in [0.15, 0.2) is 0 Å². The van der Waals surface area contributed by atoms with E-state index in [4.69, 9.17) is 0 Å². The summed E-state index contributed by atoms with van der Waals surface area (Å²) >= 11 is 0. The zero-order chi connectivity index (χ0) is 15.6. The summed E-state index contributed by atoms with van der Waals surface area (Å²) in [6.45, 7) is 7.53. The summed E-state index contributed by atoms with van der Waals surface area (Å²) in [5.74, 6) is 0. The van der Waals surface area contributed by atoms with Gasteiger partial charge in [0.2, 0.25) is 10.0 Å². The van der Waals surface area contributed by atoms with Crippen molar-refractivity contribution in [3.05, 3.63) is 58.9 Å². The van der Waals surface area contributed by atoms with Crippen molar-refractivity contribution in [3.8, 4) is 0 Å². The minimum atomic E-state index is -3.55. The van der Waals surface area contributed by atoms with Crippen LogP contribution in [0.2, 0.25) is 0 Å². The van der Waals surface area contributed by atoms with Gasteiger partial charge in [-0.1, -0.05) is 6.07 Å². The van der Waals surface area contributed by atoms with Crippen molar-refractivity contribution >= 4 is 10.0 Å². The van der Waals surface area contributed by atoms with Crippen LogP contribution in [0.1, 0.15) is 35.2 Å². The van der Waals surface area contributed by atoms with Crippen molar-refractivity contribution < 1.29 is 8.42 Å². The first-order chi connectivity index (χ1) is 9.81. The SMILES string of the molecule is Cc1cc(C)c(S(=O)(=O)NC(C)c2ccncc2)cc1C. The van der Waals surface area contributed by atoms with Crippen LogP contribution in [0.3, 0.4) is 0 Å². The van der Waals surface area contributed by atoms with Crippen molar-refractivity contribution in [1.82, 2.24) is 9.71 Å². The lowest BCUT2D eigenvalue weighted by molar-refractivity contribution is 0.566. The van der Waals surface area contributed by atoms with Crippen LogP contribution in [0, 0.1) is 20.8 Å². The molecule has 0 saturated heterocycles. The summed E-state index contributed by atoms with van der Waals surface area (Å²) in [5, 5.41) is 0. The number of pyridine rings is 1. The lowest BCUT2D eigenvalue weighted by atomic mass is 10.1. The maximum absolute atomic E-state index is 12.6. The molecule has 21 heavy (non-hydrogen) atoms. The predicted octanol–water partition coefficient (Wildman–Crippen LogP) is 3.05. The molecule has 0 spiro atoms. The molecule has 0 radical (unpaired) electrons. The Balaban J connectivity index is 2.33. The number of hydrogen-bond donors (Lipinski definition) is 1. The molecule has 0 aliphatic rings. The van der Waals surface area contributed by atoms with Crippen LogP contribution in [-0.4, -0.2) is 13.4 Å². The van der Waals surface area contributed by atoms with Gasteiger partial charge >= 0.3 is 0 Å². The van der Waals surface area contributed by atoms with Crippen molar-refractivity contribution in [2.45, 2.75) is 38.6 Å². The Morgan fingerprint density at radius 3 is 2.19 bits per heavy atom. The van der Waals surface area contributed by atoms with Gasteiger partial charge in [-0.2, -0.15) is 0 Å². The maximum Gasteiger partial charge on any atom is 0.241 e. The highest BCUT2D eigenvalue weighted by atomic mass is 32.2. The van der Waals surface area contributed by atoms with E-state index >= 15 is 0 Å². The number of aryl methyl sites for hydroxylation is 3. The summed E-state index contributed by atoms with van der Waals surface area (Å²) in [6, 6.07) is 6.94. The van der Waals surface area contributed by atoms with E-state index in [2.05, 4.69) is 9.71 Å². The zero-order valence-electron chi connectivity index (χ0n) is 12.7. The van der Waals surface area contributed by atoms with Gasteiger partial charge < -0.3 is 0 Å². The highest BCUT2D eigenvalue weighted by molar-refractivity contribution is 7.89. The van der Waals surface area contributed by atoms with E-state index in [0.29, 0.717) is 4.90 Å². The zero-order valence-corrected chi connectivity index (χ0v) is 13.5. The number of sulfonamides is 1. The van der Waals surface area contributed by atoms with Gasteiger partial charge in [-0.25, -0.2) is 13.1 Å². The molecule has 1 N–H and O–H groups in total. The summed E-state index contributed by atoms with van der Waals surface area (Å²) < 4.78 is 27.9. The molecule has 1 atom stereocenters. The van der Waals surface area contributed by atoms with Gasteiger partial charge in [0.05, 0.1) is 4.90 Å². The Hall–Kier alpha value is -1.72. The van der Waals surface area contributed by atoms with Crippen LogP contribution in [0.4, 0.5) is 0 Å². The monoisotopic (exact) mass is 304 g/mol. The summed E-state index contributed by atoms with van der Waals surface area (Å²) in [6.07, 6.45) is 3.31.